The Hall–Kier alpha value is -2.44. The third-order valence-electron chi connectivity index (χ3n) is 5.52. The Kier molecular flexibility index (Phi) is 6.35. The summed E-state index contributed by atoms with van der Waals surface area (Å²) < 4.78 is 5.74. The quantitative estimate of drug-likeness (QED) is 0.610. The molecule has 3 aromatic rings. The zero-order valence-corrected chi connectivity index (χ0v) is 18.5. The van der Waals surface area contributed by atoms with Gasteiger partial charge in [0.2, 0.25) is 0 Å². The average molecular weight is 426 g/mol. The fraction of sp³-hybridized carbons (Fsp3) is 0.435. The highest BCUT2D eigenvalue weighted by atomic mass is 35.5. The van der Waals surface area contributed by atoms with Crippen molar-refractivity contribution in [2.24, 2.45) is 5.92 Å². The highest BCUT2D eigenvalue weighted by molar-refractivity contribution is 6.30. The Morgan fingerprint density at radius 1 is 1.17 bits per heavy atom. The van der Waals surface area contributed by atoms with Gasteiger partial charge in [0.15, 0.2) is 0 Å². The molecule has 1 aliphatic heterocycles. The van der Waals surface area contributed by atoms with Crippen molar-refractivity contribution in [3.63, 3.8) is 0 Å². The molecule has 30 heavy (non-hydrogen) atoms. The highest BCUT2D eigenvalue weighted by Gasteiger charge is 2.23. The van der Waals surface area contributed by atoms with Gasteiger partial charge in [-0.25, -0.2) is 4.98 Å². The number of aromatic nitrogens is 4. The van der Waals surface area contributed by atoms with E-state index in [1.54, 1.807) is 6.20 Å². The number of ether oxygens (including phenoxy) is 1. The zero-order valence-electron chi connectivity index (χ0n) is 17.7. The molecule has 6 nitrogen and oxygen atoms in total. The van der Waals surface area contributed by atoms with Gasteiger partial charge in [-0.1, -0.05) is 23.7 Å². The summed E-state index contributed by atoms with van der Waals surface area (Å²) in [6, 6.07) is 10.1. The number of piperidine rings is 1. The van der Waals surface area contributed by atoms with Crippen LogP contribution in [0.2, 0.25) is 5.02 Å². The Morgan fingerprint density at radius 2 is 1.90 bits per heavy atom. The molecule has 0 unspecified atom stereocenters. The average Bonchev–Trinajstić information content (AvgIpc) is 3.13. The summed E-state index contributed by atoms with van der Waals surface area (Å²) >= 11 is 6.10. The van der Waals surface area contributed by atoms with Crippen LogP contribution in [0.15, 0.2) is 36.5 Å². The normalized spacial score (nSPS) is 15.6. The van der Waals surface area contributed by atoms with E-state index in [0.29, 0.717) is 17.0 Å². The predicted octanol–water partition coefficient (Wildman–Crippen LogP) is 4.86. The third-order valence-corrected chi connectivity index (χ3v) is 5.77. The van der Waals surface area contributed by atoms with Gasteiger partial charge in [-0.05, 0) is 77.4 Å². The summed E-state index contributed by atoms with van der Waals surface area (Å²) in [6.45, 7) is 6.22. The molecule has 0 atom stereocenters. The van der Waals surface area contributed by atoms with Crippen LogP contribution in [0.1, 0.15) is 32.4 Å². The van der Waals surface area contributed by atoms with Gasteiger partial charge in [0.25, 0.3) is 0 Å². The van der Waals surface area contributed by atoms with Gasteiger partial charge in [0.1, 0.15) is 5.69 Å². The molecule has 1 saturated heterocycles. The zero-order chi connectivity index (χ0) is 21.1. The Balaban J connectivity index is 1.73. The van der Waals surface area contributed by atoms with Crippen molar-refractivity contribution in [1.82, 2.24) is 25.1 Å². The van der Waals surface area contributed by atoms with Crippen molar-refractivity contribution < 1.29 is 4.74 Å². The largest absolute Gasteiger partial charge is 0.461 e. The standard InChI is InChI=1S/C23H28ClN5O/c1-15(2)30-23-25-11-8-19(26-23)21-20(14-16-9-12-29(3)13-10-16)27-28-22(21)17-4-6-18(24)7-5-17/h4-8,11,15-16H,9-10,12-14H2,1-3H3,(H,27,28). The van der Waals surface area contributed by atoms with Crippen LogP contribution < -0.4 is 4.74 Å². The van der Waals surface area contributed by atoms with E-state index >= 15 is 0 Å². The van der Waals surface area contributed by atoms with Crippen molar-refractivity contribution in [3.8, 4) is 28.5 Å². The summed E-state index contributed by atoms with van der Waals surface area (Å²) in [5.41, 5.74) is 4.84. The van der Waals surface area contributed by atoms with Crippen molar-refractivity contribution in [2.75, 3.05) is 20.1 Å². The summed E-state index contributed by atoms with van der Waals surface area (Å²) in [4.78, 5) is 11.4. The lowest BCUT2D eigenvalue weighted by molar-refractivity contribution is 0.218. The summed E-state index contributed by atoms with van der Waals surface area (Å²) in [5.74, 6) is 0.631. The van der Waals surface area contributed by atoms with Crippen LogP contribution in [0.3, 0.4) is 0 Å². The van der Waals surface area contributed by atoms with Gasteiger partial charge in [0, 0.05) is 28.0 Å². The smallest absolute Gasteiger partial charge is 0.317 e. The molecule has 0 spiro atoms. The first-order valence-electron chi connectivity index (χ1n) is 10.5. The van der Waals surface area contributed by atoms with Crippen molar-refractivity contribution in [3.05, 3.63) is 47.2 Å². The minimum atomic E-state index is 0.0130. The number of likely N-dealkylation sites (tertiary alicyclic amines) is 1. The number of rotatable bonds is 6. The molecule has 2 aromatic heterocycles. The van der Waals surface area contributed by atoms with E-state index in [9.17, 15) is 0 Å². The van der Waals surface area contributed by atoms with E-state index in [1.165, 1.54) is 12.8 Å². The van der Waals surface area contributed by atoms with Gasteiger partial charge in [-0.2, -0.15) is 10.1 Å². The maximum absolute atomic E-state index is 6.10. The second kappa shape index (κ2) is 9.14. The van der Waals surface area contributed by atoms with E-state index in [4.69, 9.17) is 21.3 Å². The SMILES string of the molecule is CC(C)Oc1nccc(-c2c(-c3ccc(Cl)cc3)n[nH]c2CC2CCN(C)CC2)n1. The van der Waals surface area contributed by atoms with E-state index in [2.05, 4.69) is 27.1 Å². The number of halogens is 1. The number of hydrogen-bond donors (Lipinski definition) is 1. The van der Waals surface area contributed by atoms with Crippen molar-refractivity contribution in [1.29, 1.82) is 0 Å². The highest BCUT2D eigenvalue weighted by Crippen LogP contribution is 2.35. The Labute approximate surface area is 182 Å². The number of H-pyrrole nitrogens is 1. The molecule has 1 aliphatic rings. The fourth-order valence-electron chi connectivity index (χ4n) is 3.92. The van der Waals surface area contributed by atoms with Gasteiger partial charge in [0.05, 0.1) is 11.8 Å². The number of nitrogens with zero attached hydrogens (tertiary/aromatic N) is 4. The molecule has 1 N–H and O–H groups in total. The molecule has 7 heteroatoms. The second-order valence-electron chi connectivity index (χ2n) is 8.27. The van der Waals surface area contributed by atoms with Crippen molar-refractivity contribution in [2.45, 2.75) is 39.2 Å². The minimum Gasteiger partial charge on any atom is -0.461 e. The van der Waals surface area contributed by atoms with Crippen LogP contribution in [0.4, 0.5) is 0 Å². The van der Waals surface area contributed by atoms with Crippen LogP contribution in [-0.2, 0) is 6.42 Å². The lowest BCUT2D eigenvalue weighted by Gasteiger charge is -2.28. The first kappa shape index (κ1) is 20.8. The molecule has 0 radical (unpaired) electrons. The van der Waals surface area contributed by atoms with E-state index in [-0.39, 0.29) is 6.10 Å². The molecular weight excluding hydrogens is 398 g/mol. The maximum atomic E-state index is 6.10. The molecule has 0 aliphatic carbocycles. The predicted molar refractivity (Wildman–Crippen MR) is 120 cm³/mol. The Bertz CT molecular complexity index is 978. The molecular formula is C23H28ClN5O. The maximum Gasteiger partial charge on any atom is 0.317 e. The molecule has 0 bridgehead atoms. The fourth-order valence-corrected chi connectivity index (χ4v) is 4.05. The van der Waals surface area contributed by atoms with Crippen LogP contribution >= 0.6 is 11.6 Å². The first-order valence-corrected chi connectivity index (χ1v) is 10.9. The molecule has 158 valence electrons. The summed E-state index contributed by atoms with van der Waals surface area (Å²) in [7, 11) is 2.19. The molecule has 3 heterocycles. The minimum absolute atomic E-state index is 0.0130. The Morgan fingerprint density at radius 3 is 2.60 bits per heavy atom. The van der Waals surface area contributed by atoms with Crippen LogP contribution in [-0.4, -0.2) is 51.3 Å². The lowest BCUT2D eigenvalue weighted by Crippen LogP contribution is -2.31. The number of benzene rings is 1. The van der Waals surface area contributed by atoms with Crippen LogP contribution in [0, 0.1) is 5.92 Å². The topological polar surface area (TPSA) is 66.9 Å². The third kappa shape index (κ3) is 4.82. The monoisotopic (exact) mass is 425 g/mol. The molecule has 1 fully saturated rings. The molecule has 1 aromatic carbocycles. The number of aromatic amines is 1. The number of nitrogens with one attached hydrogen (secondary N) is 1. The second-order valence-corrected chi connectivity index (χ2v) is 8.71. The molecule has 0 saturated carbocycles. The van der Waals surface area contributed by atoms with Crippen LogP contribution in [0.25, 0.3) is 22.5 Å². The summed E-state index contributed by atoms with van der Waals surface area (Å²) in [6.07, 6.45) is 5.10. The lowest BCUT2D eigenvalue weighted by atomic mass is 9.90. The van der Waals surface area contributed by atoms with Crippen LogP contribution in [0.5, 0.6) is 6.01 Å². The first-order chi connectivity index (χ1) is 14.5. The molecule has 4 rings (SSSR count). The van der Waals surface area contributed by atoms with E-state index in [1.807, 2.05) is 44.2 Å². The summed E-state index contributed by atoms with van der Waals surface area (Å²) in [5, 5.41) is 8.70. The van der Waals surface area contributed by atoms with Gasteiger partial charge < -0.3 is 9.64 Å². The number of hydrogen-bond acceptors (Lipinski definition) is 5. The van der Waals surface area contributed by atoms with Gasteiger partial charge >= 0.3 is 6.01 Å². The van der Waals surface area contributed by atoms with E-state index in [0.717, 1.165) is 47.7 Å². The van der Waals surface area contributed by atoms with E-state index < -0.39 is 0 Å². The molecule has 0 amide bonds. The van der Waals surface area contributed by atoms with Crippen molar-refractivity contribution >= 4 is 11.6 Å². The van der Waals surface area contributed by atoms with Gasteiger partial charge in [-0.3, -0.25) is 5.10 Å². The van der Waals surface area contributed by atoms with Gasteiger partial charge in [-0.15, -0.1) is 0 Å².